The van der Waals surface area contributed by atoms with Crippen LogP contribution in [-0.4, -0.2) is 16.0 Å². The maximum Gasteiger partial charge on any atom is 0.371 e. The number of hydrogen-bond acceptors (Lipinski definition) is 5. The molecule has 7 nitrogen and oxygen atoms in total. The lowest BCUT2D eigenvalue weighted by atomic mass is 10.2. The Hall–Kier alpha value is -2.35. The van der Waals surface area contributed by atoms with Gasteiger partial charge in [-0.1, -0.05) is 6.07 Å². The highest BCUT2D eigenvalue weighted by Crippen LogP contribution is 2.34. The van der Waals surface area contributed by atoms with Crippen LogP contribution < -0.4 is 4.74 Å². The molecule has 0 aliphatic carbocycles. The van der Waals surface area contributed by atoms with Crippen LogP contribution in [0.15, 0.2) is 33.2 Å². The van der Waals surface area contributed by atoms with Crippen LogP contribution in [0.1, 0.15) is 21.9 Å². The van der Waals surface area contributed by atoms with Gasteiger partial charge in [-0.05, 0) is 35.0 Å². The van der Waals surface area contributed by atoms with Crippen molar-refractivity contribution in [2.45, 2.75) is 13.5 Å². The molecule has 1 N–H and O–H groups in total. The molecule has 2 aromatic rings. The van der Waals surface area contributed by atoms with Crippen LogP contribution in [0.3, 0.4) is 0 Å². The van der Waals surface area contributed by atoms with E-state index in [2.05, 4.69) is 15.9 Å². The van der Waals surface area contributed by atoms with Crippen molar-refractivity contribution in [3.8, 4) is 5.75 Å². The van der Waals surface area contributed by atoms with Crippen molar-refractivity contribution in [2.24, 2.45) is 0 Å². The Morgan fingerprint density at radius 3 is 2.81 bits per heavy atom. The number of aromatic carboxylic acids is 1. The Morgan fingerprint density at radius 2 is 2.24 bits per heavy atom. The minimum Gasteiger partial charge on any atom is -0.487 e. The second-order valence-electron chi connectivity index (χ2n) is 4.13. The summed E-state index contributed by atoms with van der Waals surface area (Å²) in [5.74, 6) is -0.624. The summed E-state index contributed by atoms with van der Waals surface area (Å²) in [5.41, 5.74) is 0.452. The van der Waals surface area contributed by atoms with Gasteiger partial charge in [0.1, 0.15) is 22.6 Å². The van der Waals surface area contributed by atoms with Gasteiger partial charge in [-0.2, -0.15) is 0 Å². The zero-order chi connectivity index (χ0) is 15.6. The Labute approximate surface area is 127 Å². The zero-order valence-electron chi connectivity index (χ0n) is 10.8. The summed E-state index contributed by atoms with van der Waals surface area (Å²) < 4.78 is 10.8. The topological polar surface area (TPSA) is 103 Å². The van der Waals surface area contributed by atoms with E-state index in [9.17, 15) is 14.9 Å². The van der Waals surface area contributed by atoms with Gasteiger partial charge in [0, 0.05) is 11.6 Å². The number of furan rings is 1. The van der Waals surface area contributed by atoms with E-state index in [4.69, 9.17) is 14.3 Å². The number of carboxylic acids is 1. The molecule has 1 aromatic heterocycles. The fraction of sp³-hybridized carbons (Fsp3) is 0.154. The number of halogens is 1. The molecule has 0 fully saturated rings. The summed E-state index contributed by atoms with van der Waals surface area (Å²) in [4.78, 5) is 21.1. The Bertz CT molecular complexity index is 709. The average molecular weight is 356 g/mol. The standard InChI is InChI=1S/C13H10BrNO6/c1-7-8(5-11(21-7)13(16)17)6-20-10-4-2-3-9(12(10)14)15(18)19/h2-5H,6H2,1H3,(H,16,17). The van der Waals surface area contributed by atoms with E-state index in [1.54, 1.807) is 13.0 Å². The minimum absolute atomic E-state index is 0.0440. The molecule has 2 rings (SSSR count). The SMILES string of the molecule is Cc1oc(C(=O)O)cc1COc1cccc([N+](=O)[O-])c1Br. The molecule has 110 valence electrons. The normalized spacial score (nSPS) is 10.4. The van der Waals surface area contributed by atoms with Crippen molar-refractivity contribution in [1.82, 2.24) is 0 Å². The molecule has 1 aromatic carbocycles. The minimum atomic E-state index is -1.17. The number of nitro groups is 1. The average Bonchev–Trinajstić information content (AvgIpc) is 2.79. The fourth-order valence-electron chi connectivity index (χ4n) is 1.68. The number of hydrogen-bond donors (Lipinski definition) is 1. The van der Waals surface area contributed by atoms with Crippen LogP contribution in [-0.2, 0) is 6.61 Å². The first-order valence-corrected chi connectivity index (χ1v) is 6.57. The molecule has 0 bridgehead atoms. The number of nitro benzene ring substituents is 1. The smallest absolute Gasteiger partial charge is 0.371 e. The summed E-state index contributed by atoms with van der Waals surface area (Å²) in [6, 6.07) is 5.79. The van der Waals surface area contributed by atoms with Crippen molar-refractivity contribution >= 4 is 27.6 Å². The van der Waals surface area contributed by atoms with Gasteiger partial charge in [-0.15, -0.1) is 0 Å². The second-order valence-corrected chi connectivity index (χ2v) is 4.93. The Kier molecular flexibility index (Phi) is 4.27. The van der Waals surface area contributed by atoms with Crippen LogP contribution in [0, 0.1) is 17.0 Å². The molecular weight excluding hydrogens is 346 g/mol. The maximum atomic E-state index is 10.8. The number of aryl methyl sites for hydroxylation is 1. The second kappa shape index (κ2) is 5.96. The van der Waals surface area contributed by atoms with E-state index >= 15 is 0 Å². The predicted octanol–water partition coefficient (Wildman–Crippen LogP) is 3.54. The molecule has 8 heteroatoms. The van der Waals surface area contributed by atoms with Gasteiger partial charge >= 0.3 is 5.97 Å². The van der Waals surface area contributed by atoms with E-state index in [1.807, 2.05) is 0 Å². The first kappa shape index (κ1) is 15.0. The number of rotatable bonds is 5. The van der Waals surface area contributed by atoms with Crippen molar-refractivity contribution in [3.63, 3.8) is 0 Å². The van der Waals surface area contributed by atoms with Crippen LogP contribution in [0.25, 0.3) is 0 Å². The summed E-state index contributed by atoms with van der Waals surface area (Å²) in [6.07, 6.45) is 0. The molecule has 0 unspecified atom stereocenters. The number of benzene rings is 1. The quantitative estimate of drug-likeness (QED) is 0.649. The number of ether oxygens (including phenoxy) is 1. The predicted molar refractivity (Wildman–Crippen MR) is 75.5 cm³/mol. The zero-order valence-corrected chi connectivity index (χ0v) is 12.4. The maximum absolute atomic E-state index is 10.8. The highest BCUT2D eigenvalue weighted by Gasteiger charge is 2.17. The van der Waals surface area contributed by atoms with Gasteiger partial charge in [0.15, 0.2) is 0 Å². The molecule has 0 saturated carbocycles. The third-order valence-electron chi connectivity index (χ3n) is 2.75. The molecular formula is C13H10BrNO6. The molecule has 0 radical (unpaired) electrons. The highest BCUT2D eigenvalue weighted by atomic mass is 79.9. The Morgan fingerprint density at radius 1 is 1.52 bits per heavy atom. The van der Waals surface area contributed by atoms with Crippen molar-refractivity contribution in [2.75, 3.05) is 0 Å². The van der Waals surface area contributed by atoms with E-state index in [0.29, 0.717) is 17.1 Å². The molecule has 0 aliphatic rings. The van der Waals surface area contributed by atoms with Gasteiger partial charge in [-0.3, -0.25) is 10.1 Å². The Balaban J connectivity index is 2.19. The van der Waals surface area contributed by atoms with Crippen molar-refractivity contribution < 1.29 is 24.0 Å². The third-order valence-corrected chi connectivity index (χ3v) is 3.55. The van der Waals surface area contributed by atoms with E-state index in [0.717, 1.165) is 0 Å². The number of nitrogens with zero attached hydrogens (tertiary/aromatic N) is 1. The lowest BCUT2D eigenvalue weighted by Crippen LogP contribution is -1.98. The van der Waals surface area contributed by atoms with Crippen molar-refractivity contribution in [1.29, 1.82) is 0 Å². The summed E-state index contributed by atoms with van der Waals surface area (Å²) in [6.45, 7) is 1.66. The number of carbonyl (C=O) groups is 1. The molecule has 0 spiro atoms. The molecule has 21 heavy (non-hydrogen) atoms. The lowest BCUT2D eigenvalue weighted by molar-refractivity contribution is -0.385. The molecule has 1 heterocycles. The van der Waals surface area contributed by atoms with Crippen LogP contribution in [0.5, 0.6) is 5.75 Å². The van der Waals surface area contributed by atoms with Gasteiger partial charge in [0.2, 0.25) is 5.76 Å². The molecule has 0 aliphatic heterocycles. The van der Waals surface area contributed by atoms with Crippen LogP contribution >= 0.6 is 15.9 Å². The third kappa shape index (κ3) is 3.22. The first-order valence-electron chi connectivity index (χ1n) is 5.78. The molecule has 0 amide bonds. The lowest BCUT2D eigenvalue weighted by Gasteiger charge is -2.07. The largest absolute Gasteiger partial charge is 0.487 e. The molecule has 0 saturated heterocycles. The van der Waals surface area contributed by atoms with Crippen molar-refractivity contribution in [3.05, 3.63) is 55.9 Å². The fourth-order valence-corrected chi connectivity index (χ4v) is 2.20. The summed E-state index contributed by atoms with van der Waals surface area (Å²) in [5, 5.41) is 19.7. The van der Waals surface area contributed by atoms with E-state index in [1.165, 1.54) is 18.2 Å². The highest BCUT2D eigenvalue weighted by molar-refractivity contribution is 9.10. The monoisotopic (exact) mass is 355 g/mol. The van der Waals surface area contributed by atoms with Gasteiger partial charge < -0.3 is 14.3 Å². The van der Waals surface area contributed by atoms with Gasteiger partial charge in [0.05, 0.1) is 4.92 Å². The molecule has 0 atom stereocenters. The van der Waals surface area contributed by atoms with Gasteiger partial charge in [-0.25, -0.2) is 4.79 Å². The van der Waals surface area contributed by atoms with Gasteiger partial charge in [0.25, 0.3) is 5.69 Å². The van der Waals surface area contributed by atoms with E-state index < -0.39 is 10.9 Å². The first-order chi connectivity index (χ1) is 9.90. The van der Waals surface area contributed by atoms with Crippen LogP contribution in [0.4, 0.5) is 5.69 Å². The summed E-state index contributed by atoms with van der Waals surface area (Å²) >= 11 is 3.12. The van der Waals surface area contributed by atoms with E-state index in [-0.39, 0.29) is 22.5 Å². The van der Waals surface area contributed by atoms with Crippen LogP contribution in [0.2, 0.25) is 0 Å². The summed E-state index contributed by atoms with van der Waals surface area (Å²) in [7, 11) is 0. The number of carboxylic acid groups (broad SMARTS) is 1.